The highest BCUT2D eigenvalue weighted by atomic mass is 31.2. The third kappa shape index (κ3) is 6.23. The standard InChI is InChI=1S/C26H44NO4P/c1-17(2)22-11-9-19(5)14-24(22)30-32(29,26(28)21-8-7-13-27-16-21)31-25-15-20(6)10-12-23(25)18(3)4/h7-8,13,16-20,22-26,28H,9-12,14-15H2,1-6H3/t19-,20-,22-,23+,24-,25-,26-,32?/m1/s1. The second kappa shape index (κ2) is 11.1. The summed E-state index contributed by atoms with van der Waals surface area (Å²) in [5, 5.41) is 11.3. The van der Waals surface area contributed by atoms with Crippen molar-refractivity contribution in [1.82, 2.24) is 4.98 Å². The van der Waals surface area contributed by atoms with Crippen LogP contribution in [-0.4, -0.2) is 22.3 Å². The molecule has 2 aliphatic rings. The van der Waals surface area contributed by atoms with Crippen LogP contribution < -0.4 is 0 Å². The van der Waals surface area contributed by atoms with Crippen LogP contribution in [0.15, 0.2) is 24.5 Å². The Morgan fingerprint density at radius 3 is 1.84 bits per heavy atom. The Hall–Kier alpha value is -0.740. The SMILES string of the molecule is CC(C)[C@H]1CC[C@@H](C)C[C@H]1OP(=O)(O[C@@H]1C[C@H](C)CC[C@H]1C(C)C)[C@@H](O)c1cccnc1. The van der Waals surface area contributed by atoms with Crippen molar-refractivity contribution in [1.29, 1.82) is 0 Å². The van der Waals surface area contributed by atoms with Crippen LogP contribution in [0.4, 0.5) is 0 Å². The molecule has 182 valence electrons. The molecule has 6 heteroatoms. The van der Waals surface area contributed by atoms with Gasteiger partial charge < -0.3 is 14.2 Å². The van der Waals surface area contributed by atoms with Crippen LogP contribution >= 0.6 is 7.60 Å². The van der Waals surface area contributed by atoms with Crippen molar-refractivity contribution in [2.24, 2.45) is 35.5 Å². The highest BCUT2D eigenvalue weighted by molar-refractivity contribution is 7.54. The van der Waals surface area contributed by atoms with Crippen molar-refractivity contribution in [2.75, 3.05) is 0 Å². The predicted octanol–water partition coefficient (Wildman–Crippen LogP) is 7.22. The molecule has 1 aromatic heterocycles. The molecular weight excluding hydrogens is 421 g/mol. The molecule has 5 nitrogen and oxygen atoms in total. The molecular formula is C26H44NO4P. The molecule has 0 radical (unpaired) electrons. The quantitative estimate of drug-likeness (QED) is 0.410. The molecule has 0 bridgehead atoms. The lowest BCUT2D eigenvalue weighted by Gasteiger charge is -2.42. The Labute approximate surface area is 195 Å². The molecule has 0 saturated heterocycles. The summed E-state index contributed by atoms with van der Waals surface area (Å²) in [6.45, 7) is 13.3. The summed E-state index contributed by atoms with van der Waals surface area (Å²) >= 11 is 0. The summed E-state index contributed by atoms with van der Waals surface area (Å²) in [5.74, 6) is 1.18. The zero-order valence-corrected chi connectivity index (χ0v) is 21.7. The average molecular weight is 466 g/mol. The van der Waals surface area contributed by atoms with Crippen molar-refractivity contribution >= 4 is 7.60 Å². The Morgan fingerprint density at radius 1 is 0.938 bits per heavy atom. The van der Waals surface area contributed by atoms with Crippen molar-refractivity contribution in [2.45, 2.75) is 98.1 Å². The lowest BCUT2D eigenvalue weighted by atomic mass is 9.75. The van der Waals surface area contributed by atoms with E-state index in [1.165, 1.54) is 0 Å². The maximum atomic E-state index is 14.5. The molecule has 0 aliphatic heterocycles. The van der Waals surface area contributed by atoms with Gasteiger partial charge in [0.15, 0.2) is 5.85 Å². The Kier molecular flexibility index (Phi) is 8.99. The van der Waals surface area contributed by atoms with E-state index in [0.717, 1.165) is 38.5 Å². The van der Waals surface area contributed by atoms with Crippen LogP contribution in [0.25, 0.3) is 0 Å². The summed E-state index contributed by atoms with van der Waals surface area (Å²) in [4.78, 5) is 4.13. The van der Waals surface area contributed by atoms with Gasteiger partial charge in [0, 0.05) is 18.0 Å². The highest BCUT2D eigenvalue weighted by Gasteiger charge is 2.46. The fourth-order valence-corrected chi connectivity index (χ4v) is 7.74. The van der Waals surface area contributed by atoms with Crippen LogP contribution in [0, 0.1) is 35.5 Å². The topological polar surface area (TPSA) is 68.7 Å². The number of hydrogen-bond donors (Lipinski definition) is 1. The van der Waals surface area contributed by atoms with E-state index < -0.39 is 13.4 Å². The normalized spacial score (nSPS) is 34.4. The minimum Gasteiger partial charge on any atom is -0.376 e. The zero-order chi connectivity index (χ0) is 23.5. The molecule has 0 amide bonds. The molecule has 32 heavy (non-hydrogen) atoms. The molecule has 2 fully saturated rings. The fraction of sp³-hybridized carbons (Fsp3) is 0.808. The van der Waals surface area contributed by atoms with E-state index in [2.05, 4.69) is 46.5 Å². The molecule has 2 saturated carbocycles. The summed E-state index contributed by atoms with van der Waals surface area (Å²) in [5.41, 5.74) is 0.491. The first kappa shape index (κ1) is 25.9. The molecule has 1 heterocycles. The molecule has 1 unspecified atom stereocenters. The van der Waals surface area contributed by atoms with Gasteiger partial charge in [0.25, 0.3) is 0 Å². The van der Waals surface area contributed by atoms with Gasteiger partial charge in [0.2, 0.25) is 0 Å². The van der Waals surface area contributed by atoms with E-state index >= 15 is 0 Å². The molecule has 8 atom stereocenters. The number of pyridine rings is 1. The maximum Gasteiger partial charge on any atom is 0.364 e. The Balaban J connectivity index is 1.92. The van der Waals surface area contributed by atoms with Crippen LogP contribution in [0.2, 0.25) is 0 Å². The lowest BCUT2D eigenvalue weighted by Crippen LogP contribution is -2.37. The molecule has 2 aliphatic carbocycles. The van der Waals surface area contributed by atoms with Gasteiger partial charge in [-0.15, -0.1) is 0 Å². The lowest BCUT2D eigenvalue weighted by molar-refractivity contribution is -0.0154. The van der Waals surface area contributed by atoms with Gasteiger partial charge in [0.05, 0.1) is 12.2 Å². The van der Waals surface area contributed by atoms with Crippen molar-refractivity contribution < 1.29 is 18.7 Å². The van der Waals surface area contributed by atoms with E-state index in [1.54, 1.807) is 24.5 Å². The molecule has 0 aromatic carbocycles. The smallest absolute Gasteiger partial charge is 0.364 e. The predicted molar refractivity (Wildman–Crippen MR) is 129 cm³/mol. The Morgan fingerprint density at radius 2 is 1.44 bits per heavy atom. The minimum atomic E-state index is -3.86. The van der Waals surface area contributed by atoms with Crippen molar-refractivity contribution in [3.8, 4) is 0 Å². The largest absolute Gasteiger partial charge is 0.376 e. The molecule has 0 spiro atoms. The number of aromatic nitrogens is 1. The van der Waals surface area contributed by atoms with Crippen LogP contribution in [0.3, 0.4) is 0 Å². The van der Waals surface area contributed by atoms with Gasteiger partial charge in [0.1, 0.15) is 0 Å². The number of rotatable bonds is 8. The summed E-state index contributed by atoms with van der Waals surface area (Å²) in [7, 11) is -3.86. The van der Waals surface area contributed by atoms with E-state index in [-0.39, 0.29) is 12.2 Å². The van der Waals surface area contributed by atoms with Crippen LogP contribution in [-0.2, 0) is 13.6 Å². The third-order valence-corrected chi connectivity index (χ3v) is 9.80. The molecule has 3 rings (SSSR count). The number of aliphatic hydroxyl groups is 1. The van der Waals surface area contributed by atoms with Crippen LogP contribution in [0.5, 0.6) is 0 Å². The van der Waals surface area contributed by atoms with Gasteiger partial charge in [-0.25, -0.2) is 0 Å². The van der Waals surface area contributed by atoms with Gasteiger partial charge in [-0.1, -0.05) is 60.5 Å². The molecule has 1 N–H and O–H groups in total. The van der Waals surface area contributed by atoms with Crippen molar-refractivity contribution in [3.63, 3.8) is 0 Å². The van der Waals surface area contributed by atoms with E-state index in [9.17, 15) is 9.67 Å². The van der Waals surface area contributed by atoms with E-state index in [4.69, 9.17) is 9.05 Å². The first-order valence-electron chi connectivity index (χ1n) is 12.6. The Bertz CT molecular complexity index is 717. The van der Waals surface area contributed by atoms with Gasteiger partial charge >= 0.3 is 7.60 Å². The maximum absolute atomic E-state index is 14.5. The third-order valence-electron chi connectivity index (χ3n) is 7.77. The van der Waals surface area contributed by atoms with E-state index in [0.29, 0.717) is 41.1 Å². The average Bonchev–Trinajstić information content (AvgIpc) is 2.73. The number of nitrogens with zero attached hydrogens (tertiary/aromatic N) is 1. The summed E-state index contributed by atoms with van der Waals surface area (Å²) < 4.78 is 27.4. The first-order chi connectivity index (χ1) is 15.1. The summed E-state index contributed by atoms with van der Waals surface area (Å²) in [6.07, 6.45) is 9.01. The fourth-order valence-electron chi connectivity index (χ4n) is 5.70. The van der Waals surface area contributed by atoms with Gasteiger partial charge in [-0.05, 0) is 67.3 Å². The minimum absolute atomic E-state index is 0.172. The van der Waals surface area contributed by atoms with E-state index in [1.807, 2.05) is 0 Å². The number of hydrogen-bond acceptors (Lipinski definition) is 5. The second-order valence-corrected chi connectivity index (χ2v) is 13.1. The van der Waals surface area contributed by atoms with Crippen LogP contribution in [0.1, 0.15) is 91.5 Å². The van der Waals surface area contributed by atoms with Gasteiger partial charge in [-0.2, -0.15) is 0 Å². The zero-order valence-electron chi connectivity index (χ0n) is 20.8. The summed E-state index contributed by atoms with van der Waals surface area (Å²) in [6, 6.07) is 3.51. The number of aliphatic hydroxyl groups excluding tert-OH is 1. The monoisotopic (exact) mass is 465 g/mol. The molecule has 1 aromatic rings. The first-order valence-corrected chi connectivity index (χ1v) is 14.3. The van der Waals surface area contributed by atoms with Crippen molar-refractivity contribution in [3.05, 3.63) is 30.1 Å². The highest BCUT2D eigenvalue weighted by Crippen LogP contribution is 2.64. The second-order valence-electron chi connectivity index (χ2n) is 11.1. The van der Waals surface area contributed by atoms with Gasteiger partial charge in [-0.3, -0.25) is 9.55 Å².